The van der Waals surface area contributed by atoms with E-state index in [2.05, 4.69) is 10.3 Å². The molecule has 0 saturated heterocycles. The number of oxazole rings is 1. The van der Waals surface area contributed by atoms with Crippen molar-refractivity contribution in [3.05, 3.63) is 75.2 Å². The number of halogens is 3. The molecule has 1 N–H and O–H groups in total. The molecule has 1 aromatic heterocycles. The highest BCUT2D eigenvalue weighted by Crippen LogP contribution is 2.28. The van der Waals surface area contributed by atoms with E-state index in [1.807, 2.05) is 18.2 Å². The molecule has 0 bridgehead atoms. The van der Waals surface area contributed by atoms with Crippen molar-refractivity contribution in [1.82, 2.24) is 10.3 Å². The summed E-state index contributed by atoms with van der Waals surface area (Å²) in [5.74, 6) is 0.951. The van der Waals surface area contributed by atoms with Gasteiger partial charge in [0.25, 0.3) is 0 Å². The van der Waals surface area contributed by atoms with Gasteiger partial charge < -0.3 is 9.73 Å². The van der Waals surface area contributed by atoms with Crippen LogP contribution in [0.5, 0.6) is 0 Å². The monoisotopic (exact) mass is 408 g/mol. The van der Waals surface area contributed by atoms with Gasteiger partial charge in [-0.05, 0) is 29.8 Å². The van der Waals surface area contributed by atoms with Crippen LogP contribution < -0.4 is 5.32 Å². The van der Waals surface area contributed by atoms with E-state index in [1.165, 1.54) is 0 Å². The molecule has 0 radical (unpaired) electrons. The molecular weight excluding hydrogens is 395 g/mol. The zero-order chi connectivity index (χ0) is 18.5. The minimum absolute atomic E-state index is 0.117. The Morgan fingerprint density at radius 2 is 1.88 bits per heavy atom. The number of carbonyl (C=O) groups is 1. The fourth-order valence-electron chi connectivity index (χ4n) is 2.38. The minimum atomic E-state index is -0.117. The first-order valence-corrected chi connectivity index (χ1v) is 9.06. The van der Waals surface area contributed by atoms with E-state index in [-0.39, 0.29) is 12.3 Å². The third-order valence-electron chi connectivity index (χ3n) is 3.75. The number of amides is 1. The van der Waals surface area contributed by atoms with Crippen molar-refractivity contribution in [1.29, 1.82) is 0 Å². The Morgan fingerprint density at radius 3 is 2.65 bits per heavy atom. The molecule has 0 unspecified atom stereocenters. The van der Waals surface area contributed by atoms with Crippen LogP contribution in [-0.4, -0.2) is 10.9 Å². The topological polar surface area (TPSA) is 55.1 Å². The maximum absolute atomic E-state index is 12.0. The molecule has 0 atom stereocenters. The van der Waals surface area contributed by atoms with Gasteiger partial charge in [-0.2, -0.15) is 0 Å². The van der Waals surface area contributed by atoms with Crippen LogP contribution in [0.3, 0.4) is 0 Å². The maximum atomic E-state index is 12.0. The van der Waals surface area contributed by atoms with Gasteiger partial charge in [-0.1, -0.05) is 53.0 Å². The molecular formula is C19H15Cl3N2O2. The van der Waals surface area contributed by atoms with Gasteiger partial charge >= 0.3 is 0 Å². The van der Waals surface area contributed by atoms with Gasteiger partial charge in [0.15, 0.2) is 11.7 Å². The summed E-state index contributed by atoms with van der Waals surface area (Å²) in [6.45, 7) is 0.339. The molecule has 26 heavy (non-hydrogen) atoms. The van der Waals surface area contributed by atoms with E-state index in [0.29, 0.717) is 39.7 Å². The molecule has 2 aromatic carbocycles. The van der Waals surface area contributed by atoms with Gasteiger partial charge in [0, 0.05) is 35.0 Å². The Hall–Kier alpha value is -2.01. The van der Waals surface area contributed by atoms with E-state index in [1.54, 1.807) is 30.5 Å². The number of aromatic nitrogens is 1. The molecule has 0 aliphatic heterocycles. The summed E-state index contributed by atoms with van der Waals surface area (Å²) in [7, 11) is 0. The lowest BCUT2D eigenvalue weighted by atomic mass is 10.2. The van der Waals surface area contributed by atoms with Crippen LogP contribution in [0.15, 0.2) is 53.1 Å². The van der Waals surface area contributed by atoms with Crippen molar-refractivity contribution in [3.8, 4) is 11.3 Å². The number of hydrogen-bond acceptors (Lipinski definition) is 3. The van der Waals surface area contributed by atoms with Crippen LogP contribution in [0, 0.1) is 0 Å². The number of aryl methyl sites for hydroxylation is 1. The summed E-state index contributed by atoms with van der Waals surface area (Å²) >= 11 is 18.1. The number of rotatable bonds is 6. The summed E-state index contributed by atoms with van der Waals surface area (Å²) in [4.78, 5) is 16.2. The number of carbonyl (C=O) groups excluding carboxylic acids is 1. The Balaban J connectivity index is 1.53. The Kier molecular flexibility index (Phi) is 6.20. The molecule has 0 saturated carbocycles. The van der Waals surface area contributed by atoms with Gasteiger partial charge in [0.1, 0.15) is 0 Å². The molecule has 0 spiro atoms. The summed E-state index contributed by atoms with van der Waals surface area (Å²) < 4.78 is 5.68. The summed E-state index contributed by atoms with van der Waals surface area (Å²) in [6.07, 6.45) is 2.26. The number of nitrogens with zero attached hydrogens (tertiary/aromatic N) is 1. The van der Waals surface area contributed by atoms with Crippen LogP contribution >= 0.6 is 34.8 Å². The molecule has 134 valence electrons. The zero-order valence-electron chi connectivity index (χ0n) is 13.6. The molecule has 1 amide bonds. The predicted molar refractivity (Wildman–Crippen MR) is 104 cm³/mol. The smallest absolute Gasteiger partial charge is 0.220 e. The van der Waals surface area contributed by atoms with Crippen LogP contribution in [0.4, 0.5) is 0 Å². The van der Waals surface area contributed by atoms with E-state index in [4.69, 9.17) is 39.2 Å². The summed E-state index contributed by atoms with van der Waals surface area (Å²) in [6, 6.07) is 12.5. The van der Waals surface area contributed by atoms with Crippen molar-refractivity contribution in [2.24, 2.45) is 0 Å². The van der Waals surface area contributed by atoms with Crippen molar-refractivity contribution < 1.29 is 9.21 Å². The van der Waals surface area contributed by atoms with Crippen molar-refractivity contribution in [2.75, 3.05) is 0 Å². The molecule has 3 rings (SSSR count). The van der Waals surface area contributed by atoms with Crippen molar-refractivity contribution in [3.63, 3.8) is 0 Å². The Morgan fingerprint density at radius 1 is 1.08 bits per heavy atom. The predicted octanol–water partition coefficient (Wildman–Crippen LogP) is 5.55. The van der Waals surface area contributed by atoms with Crippen LogP contribution in [0.1, 0.15) is 17.9 Å². The quantitative estimate of drug-likeness (QED) is 0.580. The molecule has 1 heterocycles. The lowest BCUT2D eigenvalue weighted by Gasteiger charge is -2.07. The highest BCUT2D eigenvalue weighted by molar-refractivity contribution is 6.35. The summed E-state index contributed by atoms with van der Waals surface area (Å²) in [5.41, 5.74) is 1.58. The average Bonchev–Trinajstić information content (AvgIpc) is 3.08. The van der Waals surface area contributed by atoms with Gasteiger partial charge in [0.05, 0.1) is 11.2 Å². The van der Waals surface area contributed by atoms with Crippen molar-refractivity contribution >= 4 is 40.7 Å². The average molecular weight is 410 g/mol. The first-order valence-electron chi connectivity index (χ1n) is 7.93. The SMILES string of the molecule is O=C(CCc1ncc(-c2ccccc2Cl)o1)NCc1ccc(Cl)cc1Cl. The molecule has 0 fully saturated rings. The second kappa shape index (κ2) is 8.58. The van der Waals surface area contributed by atoms with E-state index >= 15 is 0 Å². The van der Waals surface area contributed by atoms with Gasteiger partial charge in [0.2, 0.25) is 5.91 Å². The third-order valence-corrected chi connectivity index (χ3v) is 4.67. The van der Waals surface area contributed by atoms with Crippen molar-refractivity contribution in [2.45, 2.75) is 19.4 Å². The highest BCUT2D eigenvalue weighted by Gasteiger charge is 2.11. The maximum Gasteiger partial charge on any atom is 0.220 e. The highest BCUT2D eigenvalue weighted by atomic mass is 35.5. The Bertz CT molecular complexity index is 925. The van der Waals surface area contributed by atoms with Crippen LogP contribution in [0.25, 0.3) is 11.3 Å². The van der Waals surface area contributed by atoms with E-state index in [0.717, 1.165) is 11.1 Å². The zero-order valence-corrected chi connectivity index (χ0v) is 15.9. The van der Waals surface area contributed by atoms with Gasteiger partial charge in [-0.25, -0.2) is 4.98 Å². The standard InChI is InChI=1S/C19H15Cl3N2O2/c20-13-6-5-12(16(22)9-13)10-23-18(25)7-8-19-24-11-17(26-19)14-3-1-2-4-15(14)21/h1-6,9,11H,7-8,10H2,(H,23,25). The fraction of sp³-hybridized carbons (Fsp3) is 0.158. The second-order valence-corrected chi connectivity index (χ2v) is 6.86. The Labute approximate surface area is 166 Å². The van der Waals surface area contributed by atoms with Crippen LogP contribution in [-0.2, 0) is 17.8 Å². The largest absolute Gasteiger partial charge is 0.441 e. The van der Waals surface area contributed by atoms with Crippen LogP contribution in [0.2, 0.25) is 15.1 Å². The summed E-state index contributed by atoms with van der Waals surface area (Å²) in [5, 5.41) is 4.49. The lowest BCUT2D eigenvalue weighted by molar-refractivity contribution is -0.121. The lowest BCUT2D eigenvalue weighted by Crippen LogP contribution is -2.23. The van der Waals surface area contributed by atoms with Gasteiger partial charge in [-0.15, -0.1) is 0 Å². The number of hydrogen-bond donors (Lipinski definition) is 1. The number of benzene rings is 2. The second-order valence-electron chi connectivity index (χ2n) is 5.61. The molecule has 0 aliphatic rings. The van der Waals surface area contributed by atoms with Gasteiger partial charge in [-0.3, -0.25) is 4.79 Å². The normalized spacial score (nSPS) is 10.7. The molecule has 7 heteroatoms. The third kappa shape index (κ3) is 4.79. The fourth-order valence-corrected chi connectivity index (χ4v) is 3.08. The first kappa shape index (κ1) is 18.8. The number of nitrogens with one attached hydrogen (secondary N) is 1. The molecule has 3 aromatic rings. The first-order chi connectivity index (χ1) is 12.5. The molecule has 0 aliphatic carbocycles. The minimum Gasteiger partial charge on any atom is -0.441 e. The van der Waals surface area contributed by atoms with E-state index < -0.39 is 0 Å². The van der Waals surface area contributed by atoms with E-state index in [9.17, 15) is 4.79 Å². The molecule has 4 nitrogen and oxygen atoms in total.